The van der Waals surface area contributed by atoms with Crippen molar-refractivity contribution in [3.05, 3.63) is 40.4 Å². The van der Waals surface area contributed by atoms with Crippen molar-refractivity contribution in [2.24, 2.45) is 0 Å². The lowest BCUT2D eigenvalue weighted by Gasteiger charge is -2.21. The van der Waals surface area contributed by atoms with Crippen LogP contribution in [0.25, 0.3) is 0 Å². The van der Waals surface area contributed by atoms with Crippen LogP contribution in [0.5, 0.6) is 5.75 Å². The van der Waals surface area contributed by atoms with E-state index in [9.17, 15) is 8.78 Å². The van der Waals surface area contributed by atoms with Gasteiger partial charge in [0, 0.05) is 16.6 Å². The van der Waals surface area contributed by atoms with E-state index >= 15 is 0 Å². The minimum Gasteiger partial charge on any atom is -0.486 e. The number of ether oxygens (including phenoxy) is 1. The Morgan fingerprint density at radius 2 is 2.00 bits per heavy atom. The zero-order valence-corrected chi connectivity index (χ0v) is 12.9. The second kappa shape index (κ2) is 6.48. The maximum absolute atomic E-state index is 13.4. The first kappa shape index (κ1) is 16.1. The first-order chi connectivity index (χ1) is 8.69. The van der Waals surface area contributed by atoms with Crippen molar-refractivity contribution in [3.8, 4) is 5.75 Å². The summed E-state index contributed by atoms with van der Waals surface area (Å²) in [6, 6.07) is 2.45. The van der Waals surface area contributed by atoms with E-state index in [4.69, 9.17) is 4.74 Å². The summed E-state index contributed by atoms with van der Waals surface area (Å²) in [7, 11) is 0. The first-order valence-electron chi connectivity index (χ1n) is 5.88. The van der Waals surface area contributed by atoms with Gasteiger partial charge >= 0.3 is 0 Å². The Morgan fingerprint density at radius 3 is 2.58 bits per heavy atom. The second-order valence-corrected chi connectivity index (χ2v) is 6.26. The Bertz CT molecular complexity index is 469. The van der Waals surface area contributed by atoms with Gasteiger partial charge in [0.25, 0.3) is 0 Å². The molecule has 2 nitrogen and oxygen atoms in total. The van der Waals surface area contributed by atoms with Crippen molar-refractivity contribution in [2.45, 2.75) is 26.3 Å². The van der Waals surface area contributed by atoms with E-state index in [2.05, 4.69) is 27.8 Å². The molecule has 0 saturated carbocycles. The Morgan fingerprint density at radius 1 is 1.37 bits per heavy atom. The van der Waals surface area contributed by atoms with Crippen molar-refractivity contribution >= 4 is 15.9 Å². The molecule has 0 heterocycles. The van der Waals surface area contributed by atoms with Gasteiger partial charge in [0.1, 0.15) is 6.61 Å². The molecule has 1 aromatic carbocycles. The fraction of sp³-hybridized carbons (Fsp3) is 0.429. The average molecular weight is 334 g/mol. The number of rotatable bonds is 5. The van der Waals surface area contributed by atoms with Crippen LogP contribution in [0, 0.1) is 11.6 Å². The molecule has 0 atom stereocenters. The predicted molar refractivity (Wildman–Crippen MR) is 76.4 cm³/mol. The van der Waals surface area contributed by atoms with E-state index in [-0.39, 0.29) is 17.9 Å². The van der Waals surface area contributed by atoms with Crippen LogP contribution in [0.3, 0.4) is 0 Å². The van der Waals surface area contributed by atoms with E-state index in [0.29, 0.717) is 11.0 Å². The van der Waals surface area contributed by atoms with Crippen LogP contribution in [0.2, 0.25) is 0 Å². The molecular weight excluding hydrogens is 316 g/mol. The molecule has 1 rings (SSSR count). The van der Waals surface area contributed by atoms with Gasteiger partial charge in [-0.25, -0.2) is 4.39 Å². The van der Waals surface area contributed by atoms with Crippen LogP contribution >= 0.6 is 15.9 Å². The first-order valence-corrected chi connectivity index (χ1v) is 6.67. The molecule has 0 aliphatic carbocycles. The number of halogens is 3. The van der Waals surface area contributed by atoms with Gasteiger partial charge in [-0.2, -0.15) is 4.39 Å². The number of nitrogens with one attached hydrogen (secondary N) is 1. The molecule has 0 fully saturated rings. The molecule has 0 aliphatic heterocycles. The molecule has 5 heteroatoms. The summed E-state index contributed by atoms with van der Waals surface area (Å²) in [5.74, 6) is -2.05. The van der Waals surface area contributed by atoms with Gasteiger partial charge in [-0.05, 0) is 38.5 Å². The van der Waals surface area contributed by atoms with Gasteiger partial charge < -0.3 is 10.1 Å². The fourth-order valence-electron chi connectivity index (χ4n) is 1.26. The van der Waals surface area contributed by atoms with E-state index in [0.717, 1.165) is 11.6 Å². The lowest BCUT2D eigenvalue weighted by atomic mass is 10.1. The number of hydrogen-bond donors (Lipinski definition) is 1. The summed E-state index contributed by atoms with van der Waals surface area (Å²) < 4.78 is 32.3. The van der Waals surface area contributed by atoms with E-state index in [1.54, 1.807) is 0 Å². The minimum atomic E-state index is -0.986. The third-order valence-corrected chi connectivity index (χ3v) is 2.72. The zero-order valence-electron chi connectivity index (χ0n) is 11.3. The van der Waals surface area contributed by atoms with Crippen LogP contribution in [0.4, 0.5) is 8.78 Å². The average Bonchev–Trinajstić information content (AvgIpc) is 2.28. The fourth-order valence-corrected chi connectivity index (χ4v) is 1.67. The van der Waals surface area contributed by atoms with Gasteiger partial charge in [-0.15, -0.1) is 0 Å². The molecule has 0 aliphatic rings. The largest absolute Gasteiger partial charge is 0.486 e. The number of hydrogen-bond acceptors (Lipinski definition) is 2. The summed E-state index contributed by atoms with van der Waals surface area (Å²) in [5.41, 5.74) is 0.727. The monoisotopic (exact) mass is 333 g/mol. The van der Waals surface area contributed by atoms with E-state index in [1.165, 1.54) is 6.07 Å². The highest BCUT2D eigenvalue weighted by Crippen LogP contribution is 2.25. The van der Waals surface area contributed by atoms with Gasteiger partial charge in [0.15, 0.2) is 11.6 Å². The van der Waals surface area contributed by atoms with Gasteiger partial charge in [0.2, 0.25) is 5.82 Å². The highest BCUT2D eigenvalue weighted by molar-refractivity contribution is 9.10. The standard InChI is InChI=1S/C14H18BrF2NO/c1-9(7-18-14(2,3)4)8-19-12-6-10(15)5-11(16)13(12)17/h5-6,18H,1,7-8H2,2-4H3. The molecule has 0 saturated heterocycles. The highest BCUT2D eigenvalue weighted by atomic mass is 79.9. The molecule has 0 bridgehead atoms. The van der Waals surface area contributed by atoms with Gasteiger partial charge in [-0.1, -0.05) is 22.5 Å². The summed E-state index contributed by atoms with van der Waals surface area (Å²) in [5, 5.41) is 3.24. The molecule has 106 valence electrons. The molecule has 0 radical (unpaired) electrons. The maximum Gasteiger partial charge on any atom is 0.200 e. The van der Waals surface area contributed by atoms with Gasteiger partial charge in [-0.3, -0.25) is 0 Å². The quantitative estimate of drug-likeness (QED) is 0.648. The molecule has 1 aromatic rings. The molecule has 0 aromatic heterocycles. The van der Waals surface area contributed by atoms with Crippen LogP contribution < -0.4 is 10.1 Å². The zero-order chi connectivity index (χ0) is 14.6. The summed E-state index contributed by atoms with van der Waals surface area (Å²) in [6.45, 7) is 10.6. The van der Waals surface area contributed by atoms with Crippen LogP contribution in [-0.2, 0) is 0 Å². The maximum atomic E-state index is 13.4. The van der Waals surface area contributed by atoms with E-state index in [1.807, 2.05) is 20.8 Å². The number of benzene rings is 1. The predicted octanol–water partition coefficient (Wildman–Crippen LogP) is 4.05. The van der Waals surface area contributed by atoms with Crippen molar-refractivity contribution in [3.63, 3.8) is 0 Å². The molecule has 0 unspecified atom stereocenters. The normalized spacial score (nSPS) is 11.5. The van der Waals surface area contributed by atoms with Crippen molar-refractivity contribution in [1.29, 1.82) is 0 Å². The Kier molecular flexibility index (Phi) is 5.50. The van der Waals surface area contributed by atoms with Crippen LogP contribution in [0.1, 0.15) is 20.8 Å². The highest BCUT2D eigenvalue weighted by Gasteiger charge is 2.12. The van der Waals surface area contributed by atoms with E-state index < -0.39 is 11.6 Å². The molecule has 1 N–H and O–H groups in total. The van der Waals surface area contributed by atoms with Crippen molar-refractivity contribution in [1.82, 2.24) is 5.32 Å². The summed E-state index contributed by atoms with van der Waals surface area (Å²) >= 11 is 3.09. The Hall–Kier alpha value is -0.940. The Balaban J connectivity index is 2.55. The molecular formula is C14H18BrF2NO. The Labute approximate surface area is 121 Å². The molecule has 19 heavy (non-hydrogen) atoms. The van der Waals surface area contributed by atoms with Crippen molar-refractivity contribution in [2.75, 3.05) is 13.2 Å². The smallest absolute Gasteiger partial charge is 0.200 e. The third-order valence-electron chi connectivity index (χ3n) is 2.26. The lowest BCUT2D eigenvalue weighted by molar-refractivity contribution is 0.317. The molecule has 0 amide bonds. The topological polar surface area (TPSA) is 21.3 Å². The second-order valence-electron chi connectivity index (χ2n) is 5.34. The third kappa shape index (κ3) is 5.70. The van der Waals surface area contributed by atoms with Crippen LogP contribution in [0.15, 0.2) is 28.8 Å². The summed E-state index contributed by atoms with van der Waals surface area (Å²) in [4.78, 5) is 0. The minimum absolute atomic E-state index is 0.0317. The molecule has 0 spiro atoms. The lowest BCUT2D eigenvalue weighted by Crippen LogP contribution is -2.37. The van der Waals surface area contributed by atoms with Gasteiger partial charge in [0.05, 0.1) is 0 Å². The SMILES string of the molecule is C=C(CNC(C)(C)C)COc1cc(Br)cc(F)c1F. The van der Waals surface area contributed by atoms with Crippen LogP contribution in [-0.4, -0.2) is 18.7 Å². The summed E-state index contributed by atoms with van der Waals surface area (Å²) in [6.07, 6.45) is 0. The van der Waals surface area contributed by atoms with Crippen molar-refractivity contribution < 1.29 is 13.5 Å².